The average Bonchev–Trinajstić information content (AvgIpc) is 3.41. The Morgan fingerprint density at radius 1 is 1.08 bits per heavy atom. The number of alkyl halides is 2. The molecule has 0 aromatic carbocycles. The average molecular weight is 498 g/mol. The van der Waals surface area contributed by atoms with Gasteiger partial charge in [0, 0.05) is 43.3 Å². The Kier molecular flexibility index (Phi) is 7.08. The fraction of sp³-hybridized carbons (Fsp3) is 0.423. The number of hydrogen-bond donors (Lipinski definition) is 2. The molecule has 0 unspecified atom stereocenters. The molecule has 0 atom stereocenters. The van der Waals surface area contributed by atoms with Crippen molar-refractivity contribution < 1.29 is 23.4 Å². The van der Waals surface area contributed by atoms with Gasteiger partial charge in [0.05, 0.1) is 36.4 Å². The van der Waals surface area contributed by atoms with Crippen LogP contribution in [0.2, 0.25) is 0 Å². The zero-order valence-corrected chi connectivity index (χ0v) is 19.8. The third-order valence-corrected chi connectivity index (χ3v) is 7.08. The Morgan fingerprint density at radius 2 is 1.86 bits per heavy atom. The van der Waals surface area contributed by atoms with Crippen LogP contribution in [-0.2, 0) is 10.3 Å². The maximum absolute atomic E-state index is 12.7. The van der Waals surface area contributed by atoms with Gasteiger partial charge in [-0.15, -0.1) is 0 Å². The van der Waals surface area contributed by atoms with Crippen LogP contribution >= 0.6 is 0 Å². The largest absolute Gasteiger partial charge is 0.384 e. The summed E-state index contributed by atoms with van der Waals surface area (Å²) in [5.41, 5.74) is 0.399. The smallest absolute Gasteiger partial charge is 0.265 e. The van der Waals surface area contributed by atoms with E-state index in [1.807, 2.05) is 0 Å². The number of rotatable bonds is 6. The van der Waals surface area contributed by atoms with Crippen LogP contribution in [0.1, 0.15) is 53.7 Å². The van der Waals surface area contributed by atoms with Gasteiger partial charge < -0.3 is 19.7 Å². The minimum atomic E-state index is -2.58. The van der Waals surface area contributed by atoms with Crippen molar-refractivity contribution in [2.75, 3.05) is 31.6 Å². The third-order valence-electron chi connectivity index (χ3n) is 7.08. The van der Waals surface area contributed by atoms with Crippen LogP contribution in [0.3, 0.4) is 0 Å². The second-order valence-corrected chi connectivity index (χ2v) is 9.36. The maximum Gasteiger partial charge on any atom is 0.265 e. The molecule has 190 valence electrons. The summed E-state index contributed by atoms with van der Waals surface area (Å²) in [6.45, 7) is 3.43. The van der Waals surface area contributed by atoms with Crippen LogP contribution in [0.5, 0.6) is 0 Å². The summed E-state index contributed by atoms with van der Waals surface area (Å²) in [4.78, 5) is 23.6. The first kappa shape index (κ1) is 24.5. The molecule has 2 fully saturated rings. The number of amides is 1. The van der Waals surface area contributed by atoms with E-state index in [1.165, 1.54) is 12.1 Å². The molecule has 4 heterocycles. The Hall–Kier alpha value is -3.21. The maximum atomic E-state index is 12.7. The number of hydrogen-bond acceptors (Lipinski definition) is 6. The normalized spacial score (nSPS) is 23.1. The Labute approximate surface area is 207 Å². The number of anilines is 1. The number of ether oxygens (including phenoxy) is 1. The van der Waals surface area contributed by atoms with E-state index in [9.17, 15) is 18.7 Å². The van der Waals surface area contributed by atoms with Crippen molar-refractivity contribution in [2.45, 2.75) is 43.8 Å². The molecule has 0 radical (unpaired) electrons. The van der Waals surface area contributed by atoms with E-state index in [2.05, 4.69) is 20.2 Å². The van der Waals surface area contributed by atoms with Gasteiger partial charge in [-0.25, -0.2) is 13.8 Å². The Balaban J connectivity index is 1.18. The van der Waals surface area contributed by atoms with E-state index in [0.717, 1.165) is 45.3 Å². The van der Waals surface area contributed by atoms with Crippen molar-refractivity contribution in [3.8, 4) is 5.82 Å². The summed E-state index contributed by atoms with van der Waals surface area (Å²) in [6.07, 6.45) is 6.43. The molecule has 0 bridgehead atoms. The van der Waals surface area contributed by atoms with Gasteiger partial charge in [-0.3, -0.25) is 14.7 Å². The quantitative estimate of drug-likeness (QED) is 0.536. The van der Waals surface area contributed by atoms with Crippen LogP contribution in [-0.4, -0.2) is 62.8 Å². The van der Waals surface area contributed by atoms with E-state index in [4.69, 9.17) is 4.74 Å². The van der Waals surface area contributed by atoms with E-state index >= 15 is 0 Å². The first-order valence-electron chi connectivity index (χ1n) is 12.2. The topological polar surface area (TPSA) is 92.5 Å². The van der Waals surface area contributed by atoms with Gasteiger partial charge in [0.25, 0.3) is 12.3 Å². The zero-order chi connectivity index (χ0) is 25.1. The molecule has 1 amide bonds. The lowest BCUT2D eigenvalue weighted by molar-refractivity contribution is -0.0469. The zero-order valence-electron chi connectivity index (χ0n) is 19.8. The number of morpholine rings is 1. The first-order chi connectivity index (χ1) is 17.4. The lowest BCUT2D eigenvalue weighted by Gasteiger charge is -2.41. The number of halogens is 2. The molecule has 1 saturated carbocycles. The van der Waals surface area contributed by atoms with Crippen molar-refractivity contribution in [1.29, 1.82) is 0 Å². The van der Waals surface area contributed by atoms with Gasteiger partial charge in [0.2, 0.25) is 0 Å². The highest BCUT2D eigenvalue weighted by atomic mass is 19.3. The van der Waals surface area contributed by atoms with Crippen molar-refractivity contribution in [3.05, 3.63) is 71.9 Å². The molecule has 2 N–H and O–H groups in total. The van der Waals surface area contributed by atoms with E-state index in [-0.39, 0.29) is 11.5 Å². The molecular formula is C26H29F2N5O3. The fourth-order valence-electron chi connectivity index (χ4n) is 4.94. The third kappa shape index (κ3) is 5.30. The number of carbonyl (C=O) groups is 1. The summed E-state index contributed by atoms with van der Waals surface area (Å²) < 4.78 is 32.5. The van der Waals surface area contributed by atoms with Crippen LogP contribution in [0.15, 0.2) is 55.1 Å². The van der Waals surface area contributed by atoms with Crippen LogP contribution in [0.4, 0.5) is 14.5 Å². The highest BCUT2D eigenvalue weighted by Gasteiger charge is 2.38. The molecule has 8 nitrogen and oxygen atoms in total. The van der Waals surface area contributed by atoms with Gasteiger partial charge in [0.15, 0.2) is 0 Å². The molecule has 3 aromatic rings. The SMILES string of the molecule is O=C(Nc1ccc([C@]2(O)CC[C@@H](N3CCOCC3)CC2)nc1)c1ccn(-c2ccc(C(F)F)cn2)c1. The van der Waals surface area contributed by atoms with E-state index < -0.39 is 12.0 Å². The molecule has 10 heteroatoms. The van der Waals surface area contributed by atoms with E-state index in [0.29, 0.717) is 41.6 Å². The van der Waals surface area contributed by atoms with Gasteiger partial charge in [-0.1, -0.05) is 0 Å². The minimum absolute atomic E-state index is 0.158. The molecule has 0 spiro atoms. The highest BCUT2D eigenvalue weighted by Crippen LogP contribution is 2.38. The molecule has 2 aliphatic rings. The lowest BCUT2D eigenvalue weighted by Crippen LogP contribution is -2.47. The number of nitrogens with zero attached hydrogens (tertiary/aromatic N) is 4. The molecule has 1 saturated heterocycles. The number of carbonyl (C=O) groups excluding carboxylic acids is 1. The summed E-state index contributed by atoms with van der Waals surface area (Å²) >= 11 is 0. The second-order valence-electron chi connectivity index (χ2n) is 9.36. The van der Waals surface area contributed by atoms with Gasteiger partial charge >= 0.3 is 0 Å². The van der Waals surface area contributed by atoms with Crippen LogP contribution in [0.25, 0.3) is 5.82 Å². The highest BCUT2D eigenvalue weighted by molar-refractivity contribution is 6.04. The summed E-state index contributed by atoms with van der Waals surface area (Å²) in [7, 11) is 0. The monoisotopic (exact) mass is 497 g/mol. The van der Waals surface area contributed by atoms with Crippen molar-refractivity contribution in [3.63, 3.8) is 0 Å². The Morgan fingerprint density at radius 3 is 2.50 bits per heavy atom. The number of nitrogens with one attached hydrogen (secondary N) is 1. The molecule has 3 aromatic heterocycles. The number of aromatic nitrogens is 3. The summed E-state index contributed by atoms with van der Waals surface area (Å²) in [5.74, 6) is 0.0956. The molecule has 1 aliphatic heterocycles. The molecule has 36 heavy (non-hydrogen) atoms. The summed E-state index contributed by atoms with van der Waals surface area (Å²) in [5, 5.41) is 14.0. The van der Waals surface area contributed by atoms with E-state index in [1.54, 1.807) is 41.4 Å². The second kappa shape index (κ2) is 10.4. The standard InChI is InChI=1S/C26H29F2N5O3/c27-24(28)18-1-4-23(30-15-18)33-10-7-19(17-33)25(34)31-20-2-3-22(29-16-20)26(35)8-5-21(6-9-26)32-11-13-36-14-12-32/h1-4,7,10,15-17,21,24,35H,5-6,8-9,11-14H2,(H,31,34)/t21-,26+. The van der Waals surface area contributed by atoms with Crippen LogP contribution < -0.4 is 5.32 Å². The Bertz CT molecular complexity index is 1170. The number of aliphatic hydroxyl groups is 1. The van der Waals surface area contributed by atoms with Crippen LogP contribution in [0, 0.1) is 0 Å². The predicted octanol–water partition coefficient (Wildman–Crippen LogP) is 3.92. The summed E-state index contributed by atoms with van der Waals surface area (Å²) in [6, 6.07) is 8.39. The molecule has 5 rings (SSSR count). The number of pyridine rings is 2. The van der Waals surface area contributed by atoms with Crippen molar-refractivity contribution in [2.24, 2.45) is 0 Å². The first-order valence-corrected chi connectivity index (χ1v) is 12.2. The molecule has 1 aliphatic carbocycles. The molecular weight excluding hydrogens is 468 g/mol. The minimum Gasteiger partial charge on any atom is -0.384 e. The van der Waals surface area contributed by atoms with Crippen molar-refractivity contribution >= 4 is 11.6 Å². The van der Waals surface area contributed by atoms with Gasteiger partial charge in [0.1, 0.15) is 11.4 Å². The predicted molar refractivity (Wildman–Crippen MR) is 129 cm³/mol. The van der Waals surface area contributed by atoms with Gasteiger partial charge in [-0.05, 0) is 56.0 Å². The fourth-order valence-corrected chi connectivity index (χ4v) is 4.94. The lowest BCUT2D eigenvalue weighted by atomic mass is 9.79. The van der Waals surface area contributed by atoms with Gasteiger partial charge in [-0.2, -0.15) is 0 Å². The van der Waals surface area contributed by atoms with Crippen molar-refractivity contribution in [1.82, 2.24) is 19.4 Å².